The number of benzene rings is 2. The summed E-state index contributed by atoms with van der Waals surface area (Å²) in [5.41, 5.74) is 2.99. The summed E-state index contributed by atoms with van der Waals surface area (Å²) in [6.07, 6.45) is 7.43. The number of urea groups is 1. The Balaban J connectivity index is 1.44. The Morgan fingerprint density at radius 3 is 2.66 bits per heavy atom. The Kier molecular flexibility index (Phi) is 5.89. The van der Waals surface area contributed by atoms with Gasteiger partial charge in [-0.05, 0) is 43.5 Å². The standard InChI is InChI=1S/C23H27N5O/c1-16(17-8-4-2-5-9-17)25-20-13-12-18-15-24-22(27-21(18)14-20)28-23(29)26-19-10-6-3-7-11-19/h2,4-5,8-9,12-16,19,25H,3,6-7,10-11H2,1H3,(H2,24,26,27,28,29)/t16-/m0/s1. The average molecular weight is 390 g/mol. The van der Waals surface area contributed by atoms with E-state index in [0.29, 0.717) is 5.95 Å². The second kappa shape index (κ2) is 8.90. The summed E-state index contributed by atoms with van der Waals surface area (Å²) >= 11 is 0. The minimum Gasteiger partial charge on any atom is -0.378 e. The van der Waals surface area contributed by atoms with Crippen LogP contribution in [0, 0.1) is 0 Å². The molecule has 3 aromatic rings. The summed E-state index contributed by atoms with van der Waals surface area (Å²) < 4.78 is 0. The lowest BCUT2D eigenvalue weighted by molar-refractivity contribution is 0.244. The monoisotopic (exact) mass is 389 g/mol. The number of aromatic nitrogens is 2. The van der Waals surface area contributed by atoms with Crippen molar-refractivity contribution in [3.63, 3.8) is 0 Å². The van der Waals surface area contributed by atoms with E-state index in [-0.39, 0.29) is 18.1 Å². The SMILES string of the molecule is C[C@H](Nc1ccc2cnc(NC(=O)NC3CCCCC3)nc2c1)c1ccccc1. The molecule has 1 fully saturated rings. The summed E-state index contributed by atoms with van der Waals surface area (Å²) in [4.78, 5) is 21.1. The van der Waals surface area contributed by atoms with Crippen molar-refractivity contribution in [2.45, 2.75) is 51.1 Å². The molecule has 1 atom stereocenters. The second-order valence-electron chi connectivity index (χ2n) is 7.68. The smallest absolute Gasteiger partial charge is 0.321 e. The summed E-state index contributed by atoms with van der Waals surface area (Å²) in [5.74, 6) is 0.319. The number of rotatable bonds is 5. The third-order valence-electron chi connectivity index (χ3n) is 5.43. The summed E-state index contributed by atoms with van der Waals surface area (Å²) in [7, 11) is 0. The Bertz CT molecular complexity index is 969. The summed E-state index contributed by atoms with van der Waals surface area (Å²) in [6, 6.07) is 16.5. The van der Waals surface area contributed by atoms with Crippen LogP contribution < -0.4 is 16.0 Å². The van der Waals surface area contributed by atoms with E-state index < -0.39 is 0 Å². The number of carbonyl (C=O) groups excluding carboxylic acids is 1. The van der Waals surface area contributed by atoms with Gasteiger partial charge in [0.05, 0.1) is 5.52 Å². The Labute approximate surface area is 171 Å². The van der Waals surface area contributed by atoms with Crippen LogP contribution in [-0.4, -0.2) is 22.0 Å². The molecule has 0 saturated heterocycles. The normalized spacial score (nSPS) is 15.6. The topological polar surface area (TPSA) is 78.9 Å². The number of hydrogen-bond donors (Lipinski definition) is 3. The van der Waals surface area contributed by atoms with Gasteiger partial charge >= 0.3 is 6.03 Å². The highest BCUT2D eigenvalue weighted by Gasteiger charge is 2.16. The van der Waals surface area contributed by atoms with Crippen LogP contribution in [0.2, 0.25) is 0 Å². The van der Waals surface area contributed by atoms with E-state index in [0.717, 1.165) is 29.4 Å². The number of amides is 2. The third-order valence-corrected chi connectivity index (χ3v) is 5.43. The number of fused-ring (bicyclic) bond motifs is 1. The van der Waals surface area contributed by atoms with Crippen molar-refractivity contribution in [1.29, 1.82) is 0 Å². The van der Waals surface area contributed by atoms with E-state index in [4.69, 9.17) is 0 Å². The molecule has 150 valence electrons. The highest BCUT2D eigenvalue weighted by atomic mass is 16.2. The molecule has 0 unspecified atom stereocenters. The molecule has 0 radical (unpaired) electrons. The molecule has 0 aliphatic heterocycles. The zero-order valence-corrected chi connectivity index (χ0v) is 16.7. The van der Waals surface area contributed by atoms with Crippen molar-refractivity contribution in [3.05, 3.63) is 60.3 Å². The molecule has 1 aromatic heterocycles. The van der Waals surface area contributed by atoms with Gasteiger partial charge in [0.15, 0.2) is 0 Å². The van der Waals surface area contributed by atoms with Crippen molar-refractivity contribution < 1.29 is 4.79 Å². The quantitative estimate of drug-likeness (QED) is 0.556. The zero-order chi connectivity index (χ0) is 20.1. The number of carbonyl (C=O) groups is 1. The highest BCUT2D eigenvalue weighted by molar-refractivity contribution is 5.89. The fourth-order valence-electron chi connectivity index (χ4n) is 3.82. The van der Waals surface area contributed by atoms with Crippen LogP contribution in [0.25, 0.3) is 10.9 Å². The molecular formula is C23H27N5O. The minimum atomic E-state index is -0.233. The predicted octanol–water partition coefficient (Wildman–Crippen LogP) is 5.26. The molecule has 1 saturated carbocycles. The Morgan fingerprint density at radius 2 is 1.86 bits per heavy atom. The van der Waals surface area contributed by atoms with E-state index in [1.807, 2.05) is 36.4 Å². The van der Waals surface area contributed by atoms with Crippen LogP contribution in [0.3, 0.4) is 0 Å². The fourth-order valence-corrected chi connectivity index (χ4v) is 3.82. The lowest BCUT2D eigenvalue weighted by atomic mass is 9.96. The first-order valence-electron chi connectivity index (χ1n) is 10.3. The molecule has 1 heterocycles. The van der Waals surface area contributed by atoms with Gasteiger partial charge in [0.1, 0.15) is 0 Å². The molecule has 3 N–H and O–H groups in total. The van der Waals surface area contributed by atoms with Gasteiger partial charge in [-0.2, -0.15) is 0 Å². The molecule has 1 aliphatic carbocycles. The average Bonchev–Trinajstić information content (AvgIpc) is 2.75. The van der Waals surface area contributed by atoms with Crippen molar-refractivity contribution in [3.8, 4) is 0 Å². The number of hydrogen-bond acceptors (Lipinski definition) is 4. The molecular weight excluding hydrogens is 362 g/mol. The molecule has 0 bridgehead atoms. The molecule has 1 aliphatic rings. The zero-order valence-electron chi connectivity index (χ0n) is 16.7. The lowest BCUT2D eigenvalue weighted by Gasteiger charge is -2.22. The van der Waals surface area contributed by atoms with Crippen LogP contribution >= 0.6 is 0 Å². The maximum absolute atomic E-state index is 12.3. The van der Waals surface area contributed by atoms with Gasteiger partial charge < -0.3 is 10.6 Å². The van der Waals surface area contributed by atoms with Gasteiger partial charge in [0, 0.05) is 29.4 Å². The van der Waals surface area contributed by atoms with Crippen LogP contribution in [0.1, 0.15) is 50.6 Å². The van der Waals surface area contributed by atoms with Crippen molar-refractivity contribution >= 4 is 28.6 Å². The van der Waals surface area contributed by atoms with Crippen molar-refractivity contribution in [2.75, 3.05) is 10.6 Å². The predicted molar refractivity (Wildman–Crippen MR) is 117 cm³/mol. The van der Waals surface area contributed by atoms with Crippen LogP contribution in [0.4, 0.5) is 16.4 Å². The molecule has 29 heavy (non-hydrogen) atoms. The maximum Gasteiger partial charge on any atom is 0.321 e. The Hall–Kier alpha value is -3.15. The number of anilines is 2. The molecule has 6 nitrogen and oxygen atoms in total. The summed E-state index contributed by atoms with van der Waals surface area (Å²) in [6.45, 7) is 2.13. The molecule has 4 rings (SSSR count). The minimum absolute atomic E-state index is 0.175. The highest BCUT2D eigenvalue weighted by Crippen LogP contribution is 2.23. The number of nitrogens with zero attached hydrogens (tertiary/aromatic N) is 2. The first-order valence-corrected chi connectivity index (χ1v) is 10.3. The van der Waals surface area contributed by atoms with Crippen LogP contribution in [-0.2, 0) is 0 Å². The van der Waals surface area contributed by atoms with E-state index in [1.165, 1.54) is 24.8 Å². The van der Waals surface area contributed by atoms with Crippen molar-refractivity contribution in [1.82, 2.24) is 15.3 Å². The van der Waals surface area contributed by atoms with Gasteiger partial charge in [-0.15, -0.1) is 0 Å². The molecule has 6 heteroatoms. The van der Waals surface area contributed by atoms with Gasteiger partial charge in [-0.3, -0.25) is 5.32 Å². The fraction of sp³-hybridized carbons (Fsp3) is 0.348. The van der Waals surface area contributed by atoms with Gasteiger partial charge in [-0.1, -0.05) is 49.6 Å². The molecule has 2 amide bonds. The van der Waals surface area contributed by atoms with Gasteiger partial charge in [0.2, 0.25) is 5.95 Å². The van der Waals surface area contributed by atoms with E-state index in [2.05, 4.69) is 45.0 Å². The summed E-state index contributed by atoms with van der Waals surface area (Å²) in [5, 5.41) is 10.2. The number of nitrogens with one attached hydrogen (secondary N) is 3. The lowest BCUT2D eigenvalue weighted by Crippen LogP contribution is -2.39. The van der Waals surface area contributed by atoms with E-state index >= 15 is 0 Å². The van der Waals surface area contributed by atoms with Gasteiger partial charge in [-0.25, -0.2) is 14.8 Å². The first kappa shape index (κ1) is 19.2. The van der Waals surface area contributed by atoms with Gasteiger partial charge in [0.25, 0.3) is 0 Å². The van der Waals surface area contributed by atoms with Crippen molar-refractivity contribution in [2.24, 2.45) is 0 Å². The largest absolute Gasteiger partial charge is 0.378 e. The molecule has 0 spiro atoms. The second-order valence-corrected chi connectivity index (χ2v) is 7.68. The first-order chi connectivity index (χ1) is 14.2. The Morgan fingerprint density at radius 1 is 1.07 bits per heavy atom. The maximum atomic E-state index is 12.3. The third kappa shape index (κ3) is 5.02. The molecule has 2 aromatic carbocycles. The van der Waals surface area contributed by atoms with E-state index in [9.17, 15) is 4.79 Å². The van der Waals surface area contributed by atoms with Crippen LogP contribution in [0.15, 0.2) is 54.7 Å². The van der Waals surface area contributed by atoms with E-state index in [1.54, 1.807) is 6.20 Å². The van der Waals surface area contributed by atoms with Crippen LogP contribution in [0.5, 0.6) is 0 Å².